The number of benzene rings is 1. The minimum Gasteiger partial charge on any atom is -0.501 e. The molecule has 1 fully saturated rings. The summed E-state index contributed by atoms with van der Waals surface area (Å²) in [5, 5.41) is 24.3. The van der Waals surface area contributed by atoms with Crippen LogP contribution in [0.3, 0.4) is 0 Å². The summed E-state index contributed by atoms with van der Waals surface area (Å²) in [6.45, 7) is 1.65. The van der Waals surface area contributed by atoms with Crippen molar-refractivity contribution < 1.29 is 23.9 Å². The molecule has 13 nitrogen and oxygen atoms in total. The molecule has 210 valence electrons. The molecule has 2 aliphatic heterocycles. The van der Waals surface area contributed by atoms with Crippen LogP contribution in [-0.2, 0) is 33.6 Å². The van der Waals surface area contributed by atoms with Gasteiger partial charge in [0, 0.05) is 32.6 Å². The Balaban J connectivity index is 1.57. The molecular formula is C26H29FN8O5. The number of aromatic hydroxyl groups is 1. The van der Waals surface area contributed by atoms with Crippen LogP contribution in [0.5, 0.6) is 5.75 Å². The maximum atomic E-state index is 13.6. The average molecular weight is 553 g/mol. The SMILES string of the molecule is Cc1cc(CNC(=O)c2nc3n(c(=O)c2O)CC2(c4nnc[nH]4)CCC3(NC(=O)C(=O)N(C)C)CC2)ccc1F. The summed E-state index contributed by atoms with van der Waals surface area (Å²) in [5.41, 5.74) is -2.31. The topological polar surface area (TPSA) is 175 Å². The number of hydrogen-bond acceptors (Lipinski definition) is 8. The Morgan fingerprint density at radius 3 is 2.55 bits per heavy atom. The molecule has 0 radical (unpaired) electrons. The molecule has 4 N–H and O–H groups in total. The van der Waals surface area contributed by atoms with Gasteiger partial charge in [0.1, 0.15) is 23.8 Å². The number of aromatic amines is 1. The second-order valence-corrected chi connectivity index (χ2v) is 10.6. The summed E-state index contributed by atoms with van der Waals surface area (Å²) < 4.78 is 14.9. The molecule has 0 saturated heterocycles. The van der Waals surface area contributed by atoms with Crippen molar-refractivity contribution in [1.82, 2.24) is 40.3 Å². The van der Waals surface area contributed by atoms with Gasteiger partial charge in [-0.3, -0.25) is 23.7 Å². The number of rotatable bonds is 5. The molecule has 3 aromatic rings. The highest BCUT2D eigenvalue weighted by atomic mass is 19.1. The van der Waals surface area contributed by atoms with Crippen LogP contribution in [0, 0.1) is 12.7 Å². The predicted molar refractivity (Wildman–Crippen MR) is 138 cm³/mol. The van der Waals surface area contributed by atoms with Gasteiger partial charge in [-0.1, -0.05) is 12.1 Å². The van der Waals surface area contributed by atoms with E-state index in [1.165, 1.54) is 37.1 Å². The van der Waals surface area contributed by atoms with E-state index >= 15 is 0 Å². The van der Waals surface area contributed by atoms with E-state index in [0.717, 1.165) is 4.90 Å². The molecule has 0 atom stereocenters. The largest absolute Gasteiger partial charge is 0.501 e. The lowest BCUT2D eigenvalue weighted by molar-refractivity contribution is -0.145. The van der Waals surface area contributed by atoms with Crippen molar-refractivity contribution >= 4 is 17.7 Å². The quantitative estimate of drug-likeness (QED) is 0.328. The highest BCUT2D eigenvalue weighted by molar-refractivity contribution is 6.35. The number of hydrogen-bond donors (Lipinski definition) is 4. The summed E-state index contributed by atoms with van der Waals surface area (Å²) in [6, 6.07) is 4.36. The predicted octanol–water partition coefficient (Wildman–Crippen LogP) is 0.370. The summed E-state index contributed by atoms with van der Waals surface area (Å²) >= 11 is 0. The molecule has 1 aromatic carbocycles. The van der Waals surface area contributed by atoms with Gasteiger partial charge in [0.05, 0.1) is 5.54 Å². The van der Waals surface area contributed by atoms with Gasteiger partial charge in [0.25, 0.3) is 11.5 Å². The van der Waals surface area contributed by atoms with Crippen molar-refractivity contribution in [3.8, 4) is 5.75 Å². The van der Waals surface area contributed by atoms with Gasteiger partial charge in [-0.15, -0.1) is 10.2 Å². The summed E-state index contributed by atoms with van der Waals surface area (Å²) in [6.07, 6.45) is 2.91. The van der Waals surface area contributed by atoms with E-state index in [0.29, 0.717) is 29.8 Å². The normalized spacial score (nSPS) is 21.3. The molecule has 1 aliphatic carbocycles. The van der Waals surface area contributed by atoms with Crippen molar-refractivity contribution in [2.24, 2.45) is 0 Å². The Morgan fingerprint density at radius 1 is 1.20 bits per heavy atom. The molecule has 2 bridgehead atoms. The minimum atomic E-state index is -1.27. The maximum absolute atomic E-state index is 13.6. The van der Waals surface area contributed by atoms with Gasteiger partial charge < -0.3 is 25.6 Å². The maximum Gasteiger partial charge on any atom is 0.311 e. The number of aryl methyl sites for hydroxylation is 1. The fourth-order valence-corrected chi connectivity index (χ4v) is 5.57. The van der Waals surface area contributed by atoms with Crippen LogP contribution in [0.4, 0.5) is 4.39 Å². The minimum absolute atomic E-state index is 0.00664. The number of likely N-dealkylation sites (N-methyl/N-ethyl adjacent to an activating group) is 1. The van der Waals surface area contributed by atoms with Crippen molar-refractivity contribution in [2.75, 3.05) is 14.1 Å². The van der Waals surface area contributed by atoms with Crippen molar-refractivity contribution in [1.29, 1.82) is 0 Å². The molecule has 4 heterocycles. The standard InChI is InChI=1S/C26H29FN8O5/c1-14-10-15(4-5-16(14)27)11-28-19(37)17-18(36)21(39)35-12-25(23-29-13-30-33-23)6-8-26(9-7-25,24(35)31-17)32-20(38)22(40)34(2)3/h4-5,10,13,36H,6-9,11-12H2,1-3H3,(H,28,37)(H,32,38)(H,29,30,33). The van der Waals surface area contributed by atoms with Crippen molar-refractivity contribution in [3.05, 3.63) is 69.2 Å². The molecule has 14 heteroatoms. The number of amides is 3. The first-order chi connectivity index (χ1) is 19.0. The lowest BCUT2D eigenvalue weighted by atomic mass is 9.68. The Bertz CT molecular complexity index is 1560. The first kappa shape index (κ1) is 27.0. The number of H-pyrrole nitrogens is 1. The van der Waals surface area contributed by atoms with Gasteiger partial charge >= 0.3 is 11.8 Å². The molecular weight excluding hydrogens is 523 g/mol. The molecule has 6 rings (SSSR count). The van der Waals surface area contributed by atoms with E-state index < -0.39 is 45.7 Å². The Labute approximate surface area is 227 Å². The number of nitrogens with zero attached hydrogens (tertiary/aromatic N) is 5. The van der Waals surface area contributed by atoms with Crippen LogP contribution >= 0.6 is 0 Å². The summed E-state index contributed by atoms with van der Waals surface area (Å²) in [5.74, 6) is -3.11. The van der Waals surface area contributed by atoms with Crippen LogP contribution in [0.2, 0.25) is 0 Å². The second-order valence-electron chi connectivity index (χ2n) is 10.6. The lowest BCUT2D eigenvalue weighted by Gasteiger charge is -2.41. The molecule has 3 aliphatic rings. The molecule has 2 aromatic heterocycles. The summed E-state index contributed by atoms with van der Waals surface area (Å²) in [4.78, 5) is 60.8. The molecule has 0 spiro atoms. The van der Waals surface area contributed by atoms with Crippen LogP contribution in [0.1, 0.15) is 58.9 Å². The van der Waals surface area contributed by atoms with E-state index in [2.05, 4.69) is 30.8 Å². The Morgan fingerprint density at radius 2 is 1.93 bits per heavy atom. The smallest absolute Gasteiger partial charge is 0.311 e. The van der Waals surface area contributed by atoms with E-state index in [1.807, 2.05) is 0 Å². The summed E-state index contributed by atoms with van der Waals surface area (Å²) in [7, 11) is 2.89. The first-order valence-electron chi connectivity index (χ1n) is 12.7. The lowest BCUT2D eigenvalue weighted by Crippen LogP contribution is -2.54. The average Bonchev–Trinajstić information content (AvgIpc) is 3.40. The molecule has 0 unspecified atom stereocenters. The first-order valence-corrected chi connectivity index (χ1v) is 12.7. The molecule has 3 amide bonds. The third kappa shape index (κ3) is 4.48. The zero-order valence-electron chi connectivity index (χ0n) is 22.2. The zero-order valence-corrected chi connectivity index (χ0v) is 22.2. The highest BCUT2D eigenvalue weighted by Gasteiger charge is 2.53. The van der Waals surface area contributed by atoms with Gasteiger partial charge in [-0.2, -0.15) is 0 Å². The molecule has 40 heavy (non-hydrogen) atoms. The van der Waals surface area contributed by atoms with Crippen LogP contribution in [0.25, 0.3) is 0 Å². The van der Waals surface area contributed by atoms with Gasteiger partial charge in [-0.05, 0) is 49.8 Å². The van der Waals surface area contributed by atoms with Crippen molar-refractivity contribution in [2.45, 2.75) is 56.7 Å². The van der Waals surface area contributed by atoms with E-state index in [9.17, 15) is 28.7 Å². The van der Waals surface area contributed by atoms with E-state index in [4.69, 9.17) is 0 Å². The van der Waals surface area contributed by atoms with Crippen molar-refractivity contribution in [3.63, 3.8) is 0 Å². The monoisotopic (exact) mass is 552 g/mol. The van der Waals surface area contributed by atoms with Gasteiger partial charge in [0.15, 0.2) is 5.69 Å². The van der Waals surface area contributed by atoms with Gasteiger partial charge in [0.2, 0.25) is 5.75 Å². The fraction of sp³-hybridized carbons (Fsp3) is 0.423. The highest BCUT2D eigenvalue weighted by Crippen LogP contribution is 2.49. The number of aromatic nitrogens is 5. The van der Waals surface area contributed by atoms with Gasteiger partial charge in [-0.25, -0.2) is 9.37 Å². The Hall–Kier alpha value is -4.62. The van der Waals surface area contributed by atoms with E-state index in [-0.39, 0.29) is 37.6 Å². The van der Waals surface area contributed by atoms with E-state index in [1.54, 1.807) is 13.0 Å². The molecule has 1 saturated carbocycles. The number of fused-ring (bicyclic) bond motifs is 2. The number of nitrogens with one attached hydrogen (secondary N) is 3. The zero-order chi connectivity index (χ0) is 28.8. The van der Waals surface area contributed by atoms with Crippen LogP contribution in [-0.4, -0.2) is 66.6 Å². The number of carbonyl (C=O) groups excluding carboxylic acids is 3. The number of halogens is 1. The fourth-order valence-electron chi connectivity index (χ4n) is 5.57. The third-order valence-electron chi connectivity index (χ3n) is 7.86. The van der Waals surface area contributed by atoms with Crippen LogP contribution < -0.4 is 16.2 Å². The second kappa shape index (κ2) is 9.84. The Kier molecular flexibility index (Phi) is 6.64. The number of carbonyl (C=O) groups is 3. The third-order valence-corrected chi connectivity index (χ3v) is 7.86. The van der Waals surface area contributed by atoms with Crippen LogP contribution in [0.15, 0.2) is 29.3 Å².